The molecule has 4 heteroatoms. The van der Waals surface area contributed by atoms with E-state index < -0.39 is 0 Å². The monoisotopic (exact) mass is 297 g/mol. The van der Waals surface area contributed by atoms with Gasteiger partial charge in [-0.05, 0) is 36.2 Å². The van der Waals surface area contributed by atoms with E-state index in [2.05, 4.69) is 0 Å². The van der Waals surface area contributed by atoms with E-state index in [-0.39, 0.29) is 16.8 Å². The summed E-state index contributed by atoms with van der Waals surface area (Å²) in [4.78, 5) is 0. The first-order valence-corrected chi connectivity index (χ1v) is 6.76. The van der Waals surface area contributed by atoms with Crippen LogP contribution >= 0.6 is 23.2 Å². The van der Waals surface area contributed by atoms with Crippen molar-refractivity contribution in [3.05, 3.63) is 69.5 Å². The Hall–Kier alpha value is -1.09. The van der Waals surface area contributed by atoms with Gasteiger partial charge >= 0.3 is 0 Å². The topological polar surface area (TPSA) is 26.0 Å². The van der Waals surface area contributed by atoms with Crippen molar-refractivity contribution in [1.29, 1.82) is 0 Å². The van der Waals surface area contributed by atoms with Crippen molar-refractivity contribution < 1.29 is 4.39 Å². The Morgan fingerprint density at radius 1 is 1.00 bits per heavy atom. The Morgan fingerprint density at radius 2 is 1.68 bits per heavy atom. The van der Waals surface area contributed by atoms with Crippen molar-refractivity contribution in [2.75, 3.05) is 6.54 Å². The van der Waals surface area contributed by atoms with Gasteiger partial charge in [-0.25, -0.2) is 4.39 Å². The lowest BCUT2D eigenvalue weighted by Crippen LogP contribution is -2.16. The quantitative estimate of drug-likeness (QED) is 0.888. The van der Waals surface area contributed by atoms with Crippen molar-refractivity contribution >= 4 is 23.2 Å². The third-order valence-electron chi connectivity index (χ3n) is 3.13. The van der Waals surface area contributed by atoms with Crippen LogP contribution in [0.15, 0.2) is 42.5 Å². The van der Waals surface area contributed by atoms with Gasteiger partial charge in [-0.3, -0.25) is 0 Å². The van der Waals surface area contributed by atoms with E-state index >= 15 is 0 Å². The fourth-order valence-electron chi connectivity index (χ4n) is 2.10. The van der Waals surface area contributed by atoms with Crippen molar-refractivity contribution in [1.82, 2.24) is 0 Å². The molecule has 19 heavy (non-hydrogen) atoms. The number of nitrogens with two attached hydrogens (primary N) is 1. The molecule has 2 N–H and O–H groups in total. The number of hydrogen-bond acceptors (Lipinski definition) is 1. The summed E-state index contributed by atoms with van der Waals surface area (Å²) in [7, 11) is 0. The molecule has 0 saturated heterocycles. The summed E-state index contributed by atoms with van der Waals surface area (Å²) in [5.74, 6) is -0.406. The largest absolute Gasteiger partial charge is 0.330 e. The van der Waals surface area contributed by atoms with Crippen LogP contribution in [-0.4, -0.2) is 6.54 Å². The van der Waals surface area contributed by atoms with Crippen LogP contribution < -0.4 is 5.73 Å². The molecular formula is C15H14Cl2FN. The Kier molecular flexibility index (Phi) is 4.81. The molecule has 1 nitrogen and oxygen atoms in total. The fraction of sp³-hybridized carbons (Fsp3) is 0.200. The second-order valence-corrected chi connectivity index (χ2v) is 5.19. The molecule has 0 spiro atoms. The molecule has 0 aliphatic carbocycles. The summed E-state index contributed by atoms with van der Waals surface area (Å²) in [6.45, 7) is 0.398. The molecule has 0 heterocycles. The molecule has 1 unspecified atom stereocenters. The number of halogens is 3. The van der Waals surface area contributed by atoms with Crippen LogP contribution in [0.3, 0.4) is 0 Å². The average molecular weight is 298 g/mol. The van der Waals surface area contributed by atoms with Crippen LogP contribution in [0.5, 0.6) is 0 Å². The van der Waals surface area contributed by atoms with E-state index in [4.69, 9.17) is 28.9 Å². The second kappa shape index (κ2) is 6.38. The zero-order chi connectivity index (χ0) is 13.8. The molecule has 0 bridgehead atoms. The van der Waals surface area contributed by atoms with Crippen molar-refractivity contribution in [3.8, 4) is 0 Å². The van der Waals surface area contributed by atoms with Crippen LogP contribution in [0.1, 0.15) is 17.0 Å². The highest BCUT2D eigenvalue weighted by atomic mass is 35.5. The third kappa shape index (κ3) is 3.27. The highest BCUT2D eigenvalue weighted by Crippen LogP contribution is 2.28. The molecular weight excluding hydrogens is 284 g/mol. The summed E-state index contributed by atoms with van der Waals surface area (Å²) < 4.78 is 13.9. The molecule has 100 valence electrons. The average Bonchev–Trinajstić information content (AvgIpc) is 2.41. The van der Waals surface area contributed by atoms with Crippen molar-refractivity contribution in [2.45, 2.75) is 12.3 Å². The minimum absolute atomic E-state index is 0.0262. The predicted octanol–water partition coefficient (Wildman–Crippen LogP) is 4.42. The van der Waals surface area contributed by atoms with E-state index in [1.54, 1.807) is 12.1 Å². The highest BCUT2D eigenvalue weighted by Gasteiger charge is 2.16. The van der Waals surface area contributed by atoms with Gasteiger partial charge in [0.05, 0.1) is 5.02 Å². The van der Waals surface area contributed by atoms with Gasteiger partial charge in [-0.1, -0.05) is 53.5 Å². The second-order valence-electron chi connectivity index (χ2n) is 4.37. The van der Waals surface area contributed by atoms with E-state index in [9.17, 15) is 4.39 Å². The van der Waals surface area contributed by atoms with Gasteiger partial charge in [0.2, 0.25) is 0 Å². The van der Waals surface area contributed by atoms with Gasteiger partial charge in [0.25, 0.3) is 0 Å². The highest BCUT2D eigenvalue weighted by molar-refractivity contribution is 6.31. The Bertz CT molecular complexity index is 572. The van der Waals surface area contributed by atoms with E-state index in [0.29, 0.717) is 23.6 Å². The molecule has 1 atom stereocenters. The first-order valence-electron chi connectivity index (χ1n) is 6.01. The van der Waals surface area contributed by atoms with Gasteiger partial charge in [0, 0.05) is 10.9 Å². The Balaban J connectivity index is 2.30. The van der Waals surface area contributed by atoms with Gasteiger partial charge in [0.1, 0.15) is 5.82 Å². The fourth-order valence-corrected chi connectivity index (χ4v) is 2.58. The Labute approximate surface area is 122 Å². The first kappa shape index (κ1) is 14.3. The predicted molar refractivity (Wildman–Crippen MR) is 78.4 cm³/mol. The molecule has 0 radical (unpaired) electrons. The van der Waals surface area contributed by atoms with E-state index in [1.807, 2.05) is 24.3 Å². The summed E-state index contributed by atoms with van der Waals surface area (Å²) in [6.07, 6.45) is 0.479. The minimum atomic E-state index is -0.380. The van der Waals surface area contributed by atoms with Gasteiger partial charge in [-0.15, -0.1) is 0 Å². The smallest absolute Gasteiger partial charge is 0.144 e. The summed E-state index contributed by atoms with van der Waals surface area (Å²) in [5.41, 5.74) is 7.29. The Morgan fingerprint density at radius 3 is 2.37 bits per heavy atom. The zero-order valence-corrected chi connectivity index (χ0v) is 11.8. The maximum atomic E-state index is 13.9. The van der Waals surface area contributed by atoms with Gasteiger partial charge < -0.3 is 5.73 Å². The lowest BCUT2D eigenvalue weighted by Gasteiger charge is -2.17. The van der Waals surface area contributed by atoms with E-state index in [0.717, 1.165) is 5.56 Å². The molecule has 0 aliphatic heterocycles. The first-order chi connectivity index (χ1) is 9.13. The third-order valence-corrected chi connectivity index (χ3v) is 3.76. The maximum Gasteiger partial charge on any atom is 0.144 e. The van der Waals surface area contributed by atoms with Crippen LogP contribution in [0.2, 0.25) is 10.0 Å². The number of hydrogen-bond donors (Lipinski definition) is 1. The lowest BCUT2D eigenvalue weighted by atomic mass is 9.92. The van der Waals surface area contributed by atoms with Crippen molar-refractivity contribution in [2.24, 2.45) is 5.73 Å². The number of benzene rings is 2. The molecule has 2 rings (SSSR count). The van der Waals surface area contributed by atoms with Crippen LogP contribution in [0, 0.1) is 5.82 Å². The molecule has 0 amide bonds. The summed E-state index contributed by atoms with van der Waals surface area (Å²) in [5, 5.41) is 0.785. The molecule has 0 aromatic heterocycles. The van der Waals surface area contributed by atoms with Crippen LogP contribution in [0.4, 0.5) is 4.39 Å². The molecule has 2 aromatic carbocycles. The molecule has 2 aromatic rings. The lowest BCUT2D eigenvalue weighted by molar-refractivity contribution is 0.591. The van der Waals surface area contributed by atoms with Crippen LogP contribution in [-0.2, 0) is 6.42 Å². The van der Waals surface area contributed by atoms with E-state index in [1.165, 1.54) is 6.07 Å². The SMILES string of the molecule is NCC(Cc1cccc(Cl)c1F)c1ccccc1Cl. The zero-order valence-electron chi connectivity index (χ0n) is 10.2. The van der Waals surface area contributed by atoms with Crippen molar-refractivity contribution in [3.63, 3.8) is 0 Å². The minimum Gasteiger partial charge on any atom is -0.330 e. The van der Waals surface area contributed by atoms with Gasteiger partial charge in [-0.2, -0.15) is 0 Å². The summed E-state index contributed by atoms with van der Waals surface area (Å²) >= 11 is 11.9. The molecule has 0 fully saturated rings. The van der Waals surface area contributed by atoms with Gasteiger partial charge in [0.15, 0.2) is 0 Å². The normalized spacial score (nSPS) is 12.4. The molecule has 0 aliphatic rings. The standard InChI is InChI=1S/C15H14Cl2FN/c16-13-6-2-1-5-12(13)11(9-19)8-10-4-3-7-14(17)15(10)18/h1-7,11H,8-9,19H2. The van der Waals surface area contributed by atoms with Crippen LogP contribution in [0.25, 0.3) is 0 Å². The maximum absolute atomic E-state index is 13.9. The number of rotatable bonds is 4. The summed E-state index contributed by atoms with van der Waals surface area (Å²) in [6, 6.07) is 12.5. The molecule has 0 saturated carbocycles.